The number of amides is 1. The highest BCUT2D eigenvalue weighted by Gasteiger charge is 2.23. The molecule has 2 aliphatic rings. The predicted octanol–water partition coefficient (Wildman–Crippen LogP) is 3.51. The fraction of sp³-hybridized carbons (Fsp3) is 0.455. The number of carbonyl (C=O) groups excluding carboxylic acids is 1. The van der Waals surface area contributed by atoms with E-state index in [1.54, 1.807) is 13.3 Å². The molecule has 4 rings (SSSR count). The molecule has 1 amide bonds. The highest BCUT2D eigenvalue weighted by Crippen LogP contribution is 2.32. The lowest BCUT2D eigenvalue weighted by Crippen LogP contribution is -2.35. The molecule has 0 bridgehead atoms. The van der Waals surface area contributed by atoms with Crippen molar-refractivity contribution in [3.63, 3.8) is 0 Å². The first-order chi connectivity index (χ1) is 13.2. The van der Waals surface area contributed by atoms with E-state index in [1.165, 1.54) is 12.0 Å². The molecule has 2 aromatic rings. The molecule has 0 N–H and O–H groups in total. The summed E-state index contributed by atoms with van der Waals surface area (Å²) in [5.74, 6) is 2.22. The Morgan fingerprint density at radius 1 is 1.22 bits per heavy atom. The zero-order chi connectivity index (χ0) is 18.6. The molecule has 5 heteroatoms. The maximum atomic E-state index is 12.7. The average Bonchev–Trinajstić information content (AvgIpc) is 2.73. The number of nitrogens with zero attached hydrogens (tertiary/aromatic N) is 2. The lowest BCUT2D eigenvalue weighted by atomic mass is 9.92. The zero-order valence-electron chi connectivity index (χ0n) is 15.8. The number of benzene rings is 1. The van der Waals surface area contributed by atoms with Gasteiger partial charge in [-0.15, -0.1) is 0 Å². The number of rotatable bonds is 4. The van der Waals surface area contributed by atoms with Crippen molar-refractivity contribution in [2.75, 3.05) is 26.8 Å². The van der Waals surface area contributed by atoms with Crippen LogP contribution in [0.1, 0.15) is 40.9 Å². The number of fused-ring (bicyclic) bond motifs is 1. The molecule has 1 aromatic carbocycles. The Kier molecular flexibility index (Phi) is 5.28. The number of piperidine rings is 1. The monoisotopic (exact) mass is 366 g/mol. The van der Waals surface area contributed by atoms with Gasteiger partial charge in [0, 0.05) is 42.5 Å². The quantitative estimate of drug-likeness (QED) is 0.831. The van der Waals surface area contributed by atoms with Gasteiger partial charge in [0.1, 0.15) is 11.5 Å². The molecule has 1 aromatic heterocycles. The van der Waals surface area contributed by atoms with E-state index < -0.39 is 0 Å². The first-order valence-electron chi connectivity index (χ1n) is 9.77. The lowest BCUT2D eigenvalue weighted by molar-refractivity contribution is 0.0724. The fourth-order valence-corrected chi connectivity index (χ4v) is 3.97. The van der Waals surface area contributed by atoms with E-state index in [9.17, 15) is 4.79 Å². The van der Waals surface area contributed by atoms with E-state index >= 15 is 0 Å². The average molecular weight is 366 g/mol. The normalized spacial score (nSPS) is 19.1. The van der Waals surface area contributed by atoms with Gasteiger partial charge in [-0.25, -0.2) is 0 Å². The van der Waals surface area contributed by atoms with E-state index in [2.05, 4.69) is 11.1 Å². The molecular formula is C22H26N2O3. The number of carbonyl (C=O) groups is 1. The molecule has 0 saturated carbocycles. The molecule has 0 unspecified atom stereocenters. The standard InChI is InChI=1S/C22H26N2O3/c1-26-20-6-5-17-11-16(15-27-21(17)14-20)12-19-13-18(7-8-23-19)22(25)24-9-3-2-4-10-24/h5-8,13-14,16H,2-4,9-12,15H2,1H3/t16-/m1/s1. The molecule has 1 saturated heterocycles. The molecular weight excluding hydrogens is 340 g/mol. The SMILES string of the molecule is COc1ccc2c(c1)OC[C@@H](Cc1cc(C(=O)N3CCCCC3)ccn1)C2. The summed E-state index contributed by atoms with van der Waals surface area (Å²) in [6, 6.07) is 9.78. The van der Waals surface area contributed by atoms with Crippen molar-refractivity contribution < 1.29 is 14.3 Å². The molecule has 5 nitrogen and oxygen atoms in total. The van der Waals surface area contributed by atoms with Gasteiger partial charge in [0.05, 0.1) is 13.7 Å². The van der Waals surface area contributed by atoms with E-state index in [0.717, 1.165) is 61.5 Å². The molecule has 0 spiro atoms. The fourth-order valence-electron chi connectivity index (χ4n) is 3.97. The van der Waals surface area contributed by atoms with Crippen LogP contribution in [0, 0.1) is 5.92 Å². The summed E-state index contributed by atoms with van der Waals surface area (Å²) < 4.78 is 11.2. The Morgan fingerprint density at radius 3 is 2.89 bits per heavy atom. The molecule has 142 valence electrons. The van der Waals surface area contributed by atoms with Crippen LogP contribution in [0.5, 0.6) is 11.5 Å². The maximum absolute atomic E-state index is 12.7. The van der Waals surface area contributed by atoms with Crippen molar-refractivity contribution in [1.29, 1.82) is 0 Å². The highest BCUT2D eigenvalue weighted by molar-refractivity contribution is 5.94. The van der Waals surface area contributed by atoms with Gasteiger partial charge in [-0.05, 0) is 55.9 Å². The molecule has 0 aliphatic carbocycles. The maximum Gasteiger partial charge on any atom is 0.253 e. The summed E-state index contributed by atoms with van der Waals surface area (Å²) in [7, 11) is 1.66. The molecule has 1 fully saturated rings. The highest BCUT2D eigenvalue weighted by atomic mass is 16.5. The van der Waals surface area contributed by atoms with Gasteiger partial charge < -0.3 is 14.4 Å². The van der Waals surface area contributed by atoms with Gasteiger partial charge in [0.25, 0.3) is 5.91 Å². The summed E-state index contributed by atoms with van der Waals surface area (Å²) in [5, 5.41) is 0. The van der Waals surface area contributed by atoms with Gasteiger partial charge in [-0.2, -0.15) is 0 Å². The Bertz CT molecular complexity index is 815. The first-order valence-corrected chi connectivity index (χ1v) is 9.77. The van der Waals surface area contributed by atoms with Crippen molar-refractivity contribution in [1.82, 2.24) is 9.88 Å². The van der Waals surface area contributed by atoms with Crippen LogP contribution in [0.25, 0.3) is 0 Å². The van der Waals surface area contributed by atoms with Crippen LogP contribution >= 0.6 is 0 Å². The van der Waals surface area contributed by atoms with Crippen LogP contribution in [0.2, 0.25) is 0 Å². The van der Waals surface area contributed by atoms with E-state index in [-0.39, 0.29) is 5.91 Å². The van der Waals surface area contributed by atoms with Crippen LogP contribution in [0.4, 0.5) is 0 Å². The van der Waals surface area contributed by atoms with E-state index in [4.69, 9.17) is 9.47 Å². The van der Waals surface area contributed by atoms with Gasteiger partial charge in [-0.3, -0.25) is 9.78 Å². The number of likely N-dealkylation sites (tertiary alicyclic amines) is 1. The number of hydrogen-bond donors (Lipinski definition) is 0. The first kappa shape index (κ1) is 17.8. The third-order valence-electron chi connectivity index (χ3n) is 5.46. The summed E-state index contributed by atoms with van der Waals surface area (Å²) in [4.78, 5) is 19.2. The number of aromatic nitrogens is 1. The second-order valence-corrected chi connectivity index (χ2v) is 7.45. The Labute approximate surface area is 160 Å². The van der Waals surface area contributed by atoms with E-state index in [0.29, 0.717) is 12.5 Å². The minimum absolute atomic E-state index is 0.135. The lowest BCUT2D eigenvalue weighted by Gasteiger charge is -2.27. The van der Waals surface area contributed by atoms with E-state index in [1.807, 2.05) is 29.2 Å². The van der Waals surface area contributed by atoms with Gasteiger partial charge in [0.15, 0.2) is 0 Å². The Morgan fingerprint density at radius 2 is 2.07 bits per heavy atom. The van der Waals surface area contributed by atoms with Gasteiger partial charge in [0.2, 0.25) is 0 Å². The summed E-state index contributed by atoms with van der Waals surface area (Å²) in [6.45, 7) is 2.40. The number of ether oxygens (including phenoxy) is 2. The van der Waals surface area contributed by atoms with Crippen molar-refractivity contribution in [3.05, 3.63) is 53.3 Å². The van der Waals surface area contributed by atoms with Crippen LogP contribution in [-0.2, 0) is 12.8 Å². The zero-order valence-corrected chi connectivity index (χ0v) is 15.8. The number of pyridine rings is 1. The topological polar surface area (TPSA) is 51.7 Å². The Hall–Kier alpha value is -2.56. The van der Waals surface area contributed by atoms with Crippen molar-refractivity contribution in [2.24, 2.45) is 5.92 Å². The minimum Gasteiger partial charge on any atom is -0.497 e. The van der Waals surface area contributed by atoms with Crippen LogP contribution in [-0.4, -0.2) is 42.6 Å². The summed E-state index contributed by atoms with van der Waals surface area (Å²) in [5.41, 5.74) is 2.92. The molecule has 3 heterocycles. The van der Waals surface area contributed by atoms with Crippen molar-refractivity contribution in [2.45, 2.75) is 32.1 Å². The minimum atomic E-state index is 0.135. The molecule has 1 atom stereocenters. The summed E-state index contributed by atoms with van der Waals surface area (Å²) in [6.07, 6.45) is 6.95. The largest absolute Gasteiger partial charge is 0.497 e. The van der Waals surface area contributed by atoms with Crippen LogP contribution in [0.3, 0.4) is 0 Å². The Balaban J connectivity index is 1.43. The predicted molar refractivity (Wildman–Crippen MR) is 103 cm³/mol. The van der Waals surface area contributed by atoms with Crippen LogP contribution in [0.15, 0.2) is 36.5 Å². The van der Waals surface area contributed by atoms with Crippen LogP contribution < -0.4 is 9.47 Å². The van der Waals surface area contributed by atoms with Crippen molar-refractivity contribution in [3.8, 4) is 11.5 Å². The number of methoxy groups -OCH3 is 1. The van der Waals surface area contributed by atoms with Crippen molar-refractivity contribution >= 4 is 5.91 Å². The molecule has 27 heavy (non-hydrogen) atoms. The smallest absolute Gasteiger partial charge is 0.253 e. The third kappa shape index (κ3) is 4.07. The molecule has 0 radical (unpaired) electrons. The summed E-state index contributed by atoms with van der Waals surface area (Å²) >= 11 is 0. The molecule has 2 aliphatic heterocycles. The third-order valence-corrected chi connectivity index (χ3v) is 5.46. The van der Waals surface area contributed by atoms with Gasteiger partial charge in [-0.1, -0.05) is 6.07 Å². The second kappa shape index (κ2) is 7.99. The van der Waals surface area contributed by atoms with Gasteiger partial charge >= 0.3 is 0 Å². The number of hydrogen-bond acceptors (Lipinski definition) is 4. The second-order valence-electron chi connectivity index (χ2n) is 7.45.